The first-order chi connectivity index (χ1) is 4.17. The minimum atomic E-state index is -2.35. The van der Waals surface area contributed by atoms with Crippen LogP contribution in [0.5, 0.6) is 0 Å². The summed E-state index contributed by atoms with van der Waals surface area (Å²) in [5.41, 5.74) is 0. The molecule has 0 aliphatic heterocycles. The summed E-state index contributed by atoms with van der Waals surface area (Å²) in [6.45, 7) is 3.54. The molecule has 0 aromatic heterocycles. The third-order valence-electron chi connectivity index (χ3n) is 1.98. The summed E-state index contributed by atoms with van der Waals surface area (Å²) in [6.07, 6.45) is 2.02. The molecule has 53 valence electrons. The van der Waals surface area contributed by atoms with Crippen LogP contribution in [0.15, 0.2) is 0 Å². The molecule has 0 aromatic rings. The molecule has 0 heterocycles. The van der Waals surface area contributed by atoms with Crippen molar-refractivity contribution in [2.24, 2.45) is 5.92 Å². The summed E-state index contributed by atoms with van der Waals surface area (Å²) in [5, 5.41) is 0. The van der Waals surface area contributed by atoms with Gasteiger partial charge in [0.1, 0.15) is 0 Å². The number of hydrogen-bond donors (Lipinski definition) is 0. The smallest absolute Gasteiger partial charge is 0.207 e. The maximum Gasteiger partial charge on any atom is 0.250 e. The first-order valence-corrected chi connectivity index (χ1v) is 3.34. The van der Waals surface area contributed by atoms with Crippen LogP contribution in [-0.2, 0) is 0 Å². The maximum absolute atomic E-state index is 12.4. The predicted octanol–water partition coefficient (Wildman–Crippen LogP) is 2.65. The van der Waals surface area contributed by atoms with E-state index in [1.165, 1.54) is 0 Å². The van der Waals surface area contributed by atoms with Crippen molar-refractivity contribution in [2.45, 2.75) is 31.6 Å². The van der Waals surface area contributed by atoms with E-state index in [-0.39, 0.29) is 12.3 Å². The highest BCUT2D eigenvalue weighted by atomic mass is 19.3. The van der Waals surface area contributed by atoms with Gasteiger partial charge in [-0.2, -0.15) is 0 Å². The van der Waals surface area contributed by atoms with Gasteiger partial charge >= 0.3 is 0 Å². The monoisotopic (exact) mass is 133 g/mol. The standard InChI is InChI=1S/C7H11F2/c1-2-3-6-4-5-7(6,8)9/h6H,1-5H2. The summed E-state index contributed by atoms with van der Waals surface area (Å²) in [4.78, 5) is 0. The van der Waals surface area contributed by atoms with Crippen LogP contribution in [0.2, 0.25) is 0 Å². The Morgan fingerprint density at radius 3 is 2.33 bits per heavy atom. The van der Waals surface area contributed by atoms with Crippen LogP contribution in [0.25, 0.3) is 0 Å². The van der Waals surface area contributed by atoms with Crippen LogP contribution in [0, 0.1) is 12.8 Å². The molecule has 1 saturated carbocycles. The Morgan fingerprint density at radius 1 is 1.56 bits per heavy atom. The highest BCUT2D eigenvalue weighted by Crippen LogP contribution is 2.45. The zero-order chi connectivity index (χ0) is 6.91. The second-order valence-corrected chi connectivity index (χ2v) is 2.64. The first kappa shape index (κ1) is 6.97. The summed E-state index contributed by atoms with van der Waals surface area (Å²) >= 11 is 0. The Balaban J connectivity index is 2.28. The molecule has 0 amide bonds. The normalized spacial score (nSPS) is 31.7. The fraction of sp³-hybridized carbons (Fsp3) is 0.857. The Bertz CT molecular complexity index is 99.1. The molecule has 1 rings (SSSR count). The molecular formula is C7H11F2. The average Bonchev–Trinajstić information content (AvgIpc) is 1.81. The van der Waals surface area contributed by atoms with Gasteiger partial charge in [0.05, 0.1) is 0 Å². The van der Waals surface area contributed by atoms with Crippen molar-refractivity contribution < 1.29 is 8.78 Å². The van der Waals surface area contributed by atoms with Crippen molar-refractivity contribution in [1.29, 1.82) is 0 Å². The van der Waals surface area contributed by atoms with Crippen molar-refractivity contribution in [2.75, 3.05) is 0 Å². The van der Waals surface area contributed by atoms with E-state index in [0.29, 0.717) is 19.3 Å². The van der Waals surface area contributed by atoms with E-state index in [1.54, 1.807) is 0 Å². The minimum Gasteiger partial charge on any atom is -0.207 e. The lowest BCUT2D eigenvalue weighted by Crippen LogP contribution is -2.38. The van der Waals surface area contributed by atoms with Gasteiger partial charge in [-0.05, 0) is 12.8 Å². The topological polar surface area (TPSA) is 0 Å². The number of halogens is 2. The number of hydrogen-bond acceptors (Lipinski definition) is 0. The summed E-state index contributed by atoms with van der Waals surface area (Å²) in [7, 11) is 0. The van der Waals surface area contributed by atoms with E-state index in [2.05, 4.69) is 6.92 Å². The Kier molecular flexibility index (Phi) is 1.73. The molecule has 0 nitrogen and oxygen atoms in total. The Labute approximate surface area is 54.3 Å². The molecule has 0 bridgehead atoms. The van der Waals surface area contributed by atoms with Crippen LogP contribution in [0.3, 0.4) is 0 Å². The quantitative estimate of drug-likeness (QED) is 0.543. The molecule has 2 heteroatoms. The molecule has 0 spiro atoms. The Hall–Kier alpha value is -0.140. The fourth-order valence-corrected chi connectivity index (χ4v) is 1.17. The van der Waals surface area contributed by atoms with Crippen molar-refractivity contribution in [1.82, 2.24) is 0 Å². The molecule has 1 unspecified atom stereocenters. The third-order valence-corrected chi connectivity index (χ3v) is 1.98. The second-order valence-electron chi connectivity index (χ2n) is 2.64. The van der Waals surface area contributed by atoms with Gasteiger partial charge in [-0.25, -0.2) is 8.78 Å². The third kappa shape index (κ3) is 1.22. The molecule has 1 aliphatic carbocycles. The lowest BCUT2D eigenvalue weighted by atomic mass is 9.78. The van der Waals surface area contributed by atoms with Crippen LogP contribution < -0.4 is 0 Å². The summed E-state index contributed by atoms with van der Waals surface area (Å²) in [5.74, 6) is -2.70. The largest absolute Gasteiger partial charge is 0.250 e. The lowest BCUT2D eigenvalue weighted by Gasteiger charge is -2.35. The van der Waals surface area contributed by atoms with Crippen LogP contribution >= 0.6 is 0 Å². The molecule has 1 radical (unpaired) electrons. The SMILES string of the molecule is [CH2]CCC1CCC1(F)F. The molecule has 1 fully saturated rings. The van der Waals surface area contributed by atoms with Crippen LogP contribution in [-0.4, -0.2) is 5.92 Å². The van der Waals surface area contributed by atoms with E-state index in [0.717, 1.165) is 0 Å². The Morgan fingerprint density at radius 2 is 2.22 bits per heavy atom. The van der Waals surface area contributed by atoms with Gasteiger partial charge in [-0.15, -0.1) is 0 Å². The number of rotatable bonds is 2. The molecular weight excluding hydrogens is 122 g/mol. The van der Waals surface area contributed by atoms with E-state index >= 15 is 0 Å². The molecule has 0 saturated heterocycles. The summed E-state index contributed by atoms with van der Waals surface area (Å²) < 4.78 is 24.7. The van der Waals surface area contributed by atoms with Crippen LogP contribution in [0.4, 0.5) is 8.78 Å². The van der Waals surface area contributed by atoms with Crippen molar-refractivity contribution in [3.63, 3.8) is 0 Å². The summed E-state index contributed by atoms with van der Waals surface area (Å²) in [6, 6.07) is 0. The van der Waals surface area contributed by atoms with E-state index in [4.69, 9.17) is 0 Å². The lowest BCUT2D eigenvalue weighted by molar-refractivity contribution is -0.134. The van der Waals surface area contributed by atoms with Crippen molar-refractivity contribution >= 4 is 0 Å². The average molecular weight is 133 g/mol. The van der Waals surface area contributed by atoms with E-state index in [9.17, 15) is 8.78 Å². The molecule has 9 heavy (non-hydrogen) atoms. The van der Waals surface area contributed by atoms with E-state index in [1.807, 2.05) is 0 Å². The van der Waals surface area contributed by atoms with Gasteiger partial charge < -0.3 is 0 Å². The fourth-order valence-electron chi connectivity index (χ4n) is 1.17. The van der Waals surface area contributed by atoms with Crippen molar-refractivity contribution in [3.8, 4) is 0 Å². The highest BCUT2D eigenvalue weighted by molar-refractivity contribution is 4.87. The van der Waals surface area contributed by atoms with Gasteiger partial charge in [-0.3, -0.25) is 0 Å². The second kappa shape index (κ2) is 2.24. The molecule has 1 aliphatic rings. The zero-order valence-corrected chi connectivity index (χ0v) is 5.37. The molecule has 1 atom stereocenters. The molecule has 0 N–H and O–H groups in total. The zero-order valence-electron chi connectivity index (χ0n) is 5.37. The van der Waals surface area contributed by atoms with Gasteiger partial charge in [0.25, 0.3) is 5.92 Å². The molecule has 0 aromatic carbocycles. The van der Waals surface area contributed by atoms with Gasteiger partial charge in [0, 0.05) is 12.3 Å². The first-order valence-electron chi connectivity index (χ1n) is 3.34. The van der Waals surface area contributed by atoms with Gasteiger partial charge in [0.2, 0.25) is 0 Å². The van der Waals surface area contributed by atoms with E-state index < -0.39 is 5.92 Å². The van der Waals surface area contributed by atoms with Gasteiger partial charge in [-0.1, -0.05) is 13.3 Å². The minimum absolute atomic E-state index is 0.0949. The number of alkyl halides is 2. The highest BCUT2D eigenvalue weighted by Gasteiger charge is 2.46. The van der Waals surface area contributed by atoms with Crippen LogP contribution in [0.1, 0.15) is 25.7 Å². The van der Waals surface area contributed by atoms with Gasteiger partial charge in [0.15, 0.2) is 0 Å². The van der Waals surface area contributed by atoms with Crippen molar-refractivity contribution in [3.05, 3.63) is 6.92 Å². The predicted molar refractivity (Wildman–Crippen MR) is 32.3 cm³/mol. The maximum atomic E-state index is 12.4.